The number of halogens is 1. The van der Waals surface area contributed by atoms with Gasteiger partial charge in [-0.1, -0.05) is 25.7 Å². The summed E-state index contributed by atoms with van der Waals surface area (Å²) in [5, 5.41) is 6.71. The maximum Gasteiger partial charge on any atom is 0.234 e. The zero-order valence-electron chi connectivity index (χ0n) is 14.3. The van der Waals surface area contributed by atoms with Crippen molar-refractivity contribution in [2.75, 3.05) is 45.8 Å². The van der Waals surface area contributed by atoms with Crippen LogP contribution in [-0.2, 0) is 4.79 Å². The molecule has 0 spiro atoms. The summed E-state index contributed by atoms with van der Waals surface area (Å²) < 4.78 is 0. The van der Waals surface area contributed by atoms with Gasteiger partial charge in [0, 0.05) is 44.8 Å². The van der Waals surface area contributed by atoms with Gasteiger partial charge in [-0.2, -0.15) is 0 Å². The molecule has 2 N–H and O–H groups in total. The molecule has 0 aromatic rings. The molecular weight excluding hydrogens is 312 g/mol. The third kappa shape index (κ3) is 5.89. The second-order valence-electron chi connectivity index (χ2n) is 7.21. The maximum absolute atomic E-state index is 12.3. The largest absolute Gasteiger partial charge is 0.352 e. The Labute approximate surface area is 146 Å². The van der Waals surface area contributed by atoms with Crippen LogP contribution in [0.2, 0.25) is 0 Å². The number of carbonyl (C=O) groups is 1. The van der Waals surface area contributed by atoms with Crippen LogP contribution in [0.4, 0.5) is 0 Å². The van der Waals surface area contributed by atoms with Gasteiger partial charge >= 0.3 is 0 Å². The van der Waals surface area contributed by atoms with E-state index in [4.69, 9.17) is 0 Å². The summed E-state index contributed by atoms with van der Waals surface area (Å²) >= 11 is 0. The highest BCUT2D eigenvalue weighted by Crippen LogP contribution is 2.17. The van der Waals surface area contributed by atoms with Crippen molar-refractivity contribution in [1.29, 1.82) is 0 Å². The first kappa shape index (κ1) is 19.0. The summed E-state index contributed by atoms with van der Waals surface area (Å²) in [6.45, 7) is 7.19. The summed E-state index contributed by atoms with van der Waals surface area (Å²) in [6, 6.07) is 1.16. The fourth-order valence-corrected chi connectivity index (χ4v) is 4.14. The zero-order chi connectivity index (χ0) is 15.2. The van der Waals surface area contributed by atoms with E-state index < -0.39 is 0 Å². The van der Waals surface area contributed by atoms with Crippen LogP contribution in [0.15, 0.2) is 0 Å². The fourth-order valence-electron chi connectivity index (χ4n) is 4.14. The lowest BCUT2D eigenvalue weighted by molar-refractivity contribution is -0.123. The molecule has 0 bridgehead atoms. The van der Waals surface area contributed by atoms with Crippen LogP contribution in [-0.4, -0.2) is 73.6 Å². The van der Waals surface area contributed by atoms with E-state index in [2.05, 4.69) is 20.4 Å². The van der Waals surface area contributed by atoms with Crippen molar-refractivity contribution < 1.29 is 4.79 Å². The highest BCUT2D eigenvalue weighted by molar-refractivity contribution is 5.85. The van der Waals surface area contributed by atoms with Crippen molar-refractivity contribution in [3.8, 4) is 0 Å². The SMILES string of the molecule is Cl.O=C(CN1CCN(C2CCNC2)CC1)NC1CCCCCC1. The maximum atomic E-state index is 12.3. The fraction of sp³-hybridized carbons (Fsp3) is 0.941. The van der Waals surface area contributed by atoms with Gasteiger partial charge in [-0.3, -0.25) is 14.6 Å². The van der Waals surface area contributed by atoms with Crippen molar-refractivity contribution in [3.05, 3.63) is 0 Å². The van der Waals surface area contributed by atoms with E-state index in [1.54, 1.807) is 0 Å². The highest BCUT2D eigenvalue weighted by atomic mass is 35.5. The minimum absolute atomic E-state index is 0. The molecule has 0 aromatic carbocycles. The minimum Gasteiger partial charge on any atom is -0.352 e. The molecule has 0 radical (unpaired) electrons. The summed E-state index contributed by atoms with van der Waals surface area (Å²) in [5.74, 6) is 0.239. The number of nitrogens with zero attached hydrogens (tertiary/aromatic N) is 2. The van der Waals surface area contributed by atoms with Crippen molar-refractivity contribution in [1.82, 2.24) is 20.4 Å². The Morgan fingerprint density at radius 2 is 1.70 bits per heavy atom. The standard InChI is InChI=1S/C17H32N4O.ClH/c22-17(19-15-5-3-1-2-4-6-15)14-20-9-11-21(12-10-20)16-7-8-18-13-16;/h15-16,18H,1-14H2,(H,19,22);1H. The smallest absolute Gasteiger partial charge is 0.234 e. The van der Waals surface area contributed by atoms with E-state index in [0.717, 1.165) is 45.3 Å². The summed E-state index contributed by atoms with van der Waals surface area (Å²) in [4.78, 5) is 17.2. The second-order valence-corrected chi connectivity index (χ2v) is 7.21. The number of hydrogen-bond donors (Lipinski definition) is 2. The van der Waals surface area contributed by atoms with E-state index in [-0.39, 0.29) is 18.3 Å². The Morgan fingerprint density at radius 3 is 2.30 bits per heavy atom. The van der Waals surface area contributed by atoms with E-state index in [1.165, 1.54) is 44.9 Å². The van der Waals surface area contributed by atoms with Crippen molar-refractivity contribution in [2.24, 2.45) is 0 Å². The zero-order valence-corrected chi connectivity index (χ0v) is 15.1. The number of hydrogen-bond acceptors (Lipinski definition) is 4. The van der Waals surface area contributed by atoms with Crippen LogP contribution in [0.25, 0.3) is 0 Å². The monoisotopic (exact) mass is 344 g/mol. The predicted octanol–water partition coefficient (Wildman–Crippen LogP) is 1.23. The molecule has 3 rings (SSSR count). The molecule has 1 saturated carbocycles. The van der Waals surface area contributed by atoms with Crippen LogP contribution in [0, 0.1) is 0 Å². The summed E-state index contributed by atoms with van der Waals surface area (Å²) in [7, 11) is 0. The lowest BCUT2D eigenvalue weighted by atomic mass is 10.1. The van der Waals surface area contributed by atoms with Gasteiger partial charge in [-0.05, 0) is 25.8 Å². The van der Waals surface area contributed by atoms with Crippen LogP contribution in [0.1, 0.15) is 44.9 Å². The molecule has 3 aliphatic rings. The molecule has 2 aliphatic heterocycles. The van der Waals surface area contributed by atoms with Gasteiger partial charge in [0.2, 0.25) is 5.91 Å². The van der Waals surface area contributed by atoms with Crippen LogP contribution in [0.5, 0.6) is 0 Å². The minimum atomic E-state index is 0. The number of amides is 1. The number of rotatable bonds is 4. The van der Waals surface area contributed by atoms with Gasteiger partial charge in [0.1, 0.15) is 0 Å². The molecule has 1 atom stereocenters. The molecule has 0 aromatic heterocycles. The van der Waals surface area contributed by atoms with Crippen molar-refractivity contribution >= 4 is 18.3 Å². The lowest BCUT2D eigenvalue weighted by Gasteiger charge is -2.37. The Hall–Kier alpha value is -0.360. The summed E-state index contributed by atoms with van der Waals surface area (Å²) in [6.07, 6.45) is 8.86. The molecular formula is C17H33ClN4O. The molecule has 134 valence electrons. The van der Waals surface area contributed by atoms with Gasteiger partial charge in [0.05, 0.1) is 6.54 Å². The Morgan fingerprint density at radius 1 is 1.00 bits per heavy atom. The van der Waals surface area contributed by atoms with E-state index >= 15 is 0 Å². The number of carbonyl (C=O) groups excluding carboxylic acids is 1. The molecule has 3 fully saturated rings. The first-order chi connectivity index (χ1) is 10.8. The van der Waals surface area contributed by atoms with Crippen molar-refractivity contribution in [2.45, 2.75) is 57.0 Å². The van der Waals surface area contributed by atoms with Crippen LogP contribution < -0.4 is 10.6 Å². The van der Waals surface area contributed by atoms with Crippen LogP contribution in [0.3, 0.4) is 0 Å². The molecule has 1 aliphatic carbocycles. The Kier molecular flexibility index (Phi) is 8.10. The first-order valence-electron chi connectivity index (χ1n) is 9.28. The second kappa shape index (κ2) is 9.82. The van der Waals surface area contributed by atoms with Gasteiger partial charge in [0.15, 0.2) is 0 Å². The van der Waals surface area contributed by atoms with Gasteiger partial charge in [-0.25, -0.2) is 0 Å². The average molecular weight is 345 g/mol. The molecule has 2 heterocycles. The van der Waals surface area contributed by atoms with E-state index in [9.17, 15) is 4.79 Å². The topological polar surface area (TPSA) is 47.6 Å². The van der Waals surface area contributed by atoms with E-state index in [0.29, 0.717) is 12.6 Å². The lowest BCUT2D eigenvalue weighted by Crippen LogP contribution is -2.53. The quantitative estimate of drug-likeness (QED) is 0.753. The molecule has 5 nitrogen and oxygen atoms in total. The van der Waals surface area contributed by atoms with Gasteiger partial charge in [-0.15, -0.1) is 12.4 Å². The first-order valence-corrected chi connectivity index (χ1v) is 9.28. The molecule has 6 heteroatoms. The van der Waals surface area contributed by atoms with E-state index in [1.807, 2.05) is 0 Å². The average Bonchev–Trinajstić information content (AvgIpc) is 2.94. The summed E-state index contributed by atoms with van der Waals surface area (Å²) in [5.41, 5.74) is 0. The molecule has 23 heavy (non-hydrogen) atoms. The van der Waals surface area contributed by atoms with Gasteiger partial charge in [0.25, 0.3) is 0 Å². The van der Waals surface area contributed by atoms with Crippen molar-refractivity contribution in [3.63, 3.8) is 0 Å². The normalized spacial score (nSPS) is 28.1. The number of piperazine rings is 1. The Bertz CT molecular complexity index is 347. The molecule has 1 amide bonds. The molecule has 2 saturated heterocycles. The number of nitrogens with one attached hydrogen (secondary N) is 2. The molecule has 1 unspecified atom stereocenters. The Balaban J connectivity index is 0.00000192. The van der Waals surface area contributed by atoms with Gasteiger partial charge < -0.3 is 10.6 Å². The third-order valence-electron chi connectivity index (χ3n) is 5.55. The van der Waals surface area contributed by atoms with Crippen LogP contribution >= 0.6 is 12.4 Å². The highest BCUT2D eigenvalue weighted by Gasteiger charge is 2.26. The third-order valence-corrected chi connectivity index (χ3v) is 5.55. The predicted molar refractivity (Wildman–Crippen MR) is 96.2 cm³/mol.